The number of pyridine rings is 1. The molecule has 1 fully saturated rings. The zero-order chi connectivity index (χ0) is 15.8. The van der Waals surface area contributed by atoms with Crippen molar-refractivity contribution in [2.24, 2.45) is 5.92 Å². The van der Waals surface area contributed by atoms with Crippen LogP contribution >= 0.6 is 0 Å². The fraction of sp³-hybridized carbons (Fsp3) is 0.444. The molecule has 0 unspecified atom stereocenters. The Bertz CT molecular complexity index is 763. The first-order valence-electron chi connectivity index (χ1n) is 8.20. The predicted octanol–water partition coefficient (Wildman–Crippen LogP) is 2.02. The highest BCUT2D eigenvalue weighted by Crippen LogP contribution is 2.35. The van der Waals surface area contributed by atoms with Gasteiger partial charge in [0.2, 0.25) is 5.91 Å². The number of aromatic nitrogens is 1. The van der Waals surface area contributed by atoms with Crippen molar-refractivity contribution >= 4 is 5.91 Å². The number of carbonyl (C=O) groups excluding carboxylic acids is 1. The van der Waals surface area contributed by atoms with E-state index >= 15 is 0 Å². The third-order valence-electron chi connectivity index (χ3n) is 5.00. The first-order chi connectivity index (χ1) is 11.2. The average molecular weight is 312 g/mol. The molecule has 5 heteroatoms. The summed E-state index contributed by atoms with van der Waals surface area (Å²) < 4.78 is 7.19. The summed E-state index contributed by atoms with van der Waals surface area (Å²) in [7, 11) is 0. The van der Waals surface area contributed by atoms with Gasteiger partial charge in [0.1, 0.15) is 5.76 Å². The number of hydrogen-bond donors (Lipinski definition) is 0. The molecule has 0 radical (unpaired) electrons. The van der Waals surface area contributed by atoms with E-state index in [2.05, 4.69) is 0 Å². The molecule has 0 aliphatic carbocycles. The van der Waals surface area contributed by atoms with Crippen molar-refractivity contribution < 1.29 is 9.21 Å². The Morgan fingerprint density at radius 3 is 2.91 bits per heavy atom. The molecule has 0 aromatic carbocycles. The van der Waals surface area contributed by atoms with Crippen molar-refractivity contribution in [1.29, 1.82) is 0 Å². The second-order valence-corrected chi connectivity index (χ2v) is 6.58. The Morgan fingerprint density at radius 2 is 2.09 bits per heavy atom. The van der Waals surface area contributed by atoms with Gasteiger partial charge in [0.15, 0.2) is 0 Å². The number of rotatable bonds is 3. The summed E-state index contributed by atoms with van der Waals surface area (Å²) in [5.74, 6) is 1.70. The van der Waals surface area contributed by atoms with Crippen LogP contribution in [0.3, 0.4) is 0 Å². The van der Waals surface area contributed by atoms with Gasteiger partial charge in [-0.1, -0.05) is 6.07 Å². The number of piperidine rings is 1. The Labute approximate surface area is 134 Å². The number of aryl methyl sites for hydroxylation is 1. The predicted molar refractivity (Wildman–Crippen MR) is 85.2 cm³/mol. The Balaban J connectivity index is 1.47. The van der Waals surface area contributed by atoms with E-state index in [0.29, 0.717) is 18.8 Å². The molecule has 2 atom stereocenters. The second-order valence-electron chi connectivity index (χ2n) is 6.58. The van der Waals surface area contributed by atoms with Crippen LogP contribution in [0.2, 0.25) is 0 Å². The summed E-state index contributed by atoms with van der Waals surface area (Å²) in [6, 6.07) is 9.22. The van der Waals surface area contributed by atoms with E-state index in [-0.39, 0.29) is 17.4 Å². The molecule has 4 rings (SSSR count). The summed E-state index contributed by atoms with van der Waals surface area (Å²) in [5, 5.41) is 0. The summed E-state index contributed by atoms with van der Waals surface area (Å²) in [5.41, 5.74) is 1.16. The van der Waals surface area contributed by atoms with Crippen molar-refractivity contribution in [3.8, 4) is 0 Å². The molecule has 1 saturated heterocycles. The molecule has 4 heterocycles. The maximum atomic E-state index is 12.5. The van der Waals surface area contributed by atoms with E-state index < -0.39 is 0 Å². The van der Waals surface area contributed by atoms with Crippen molar-refractivity contribution in [3.05, 3.63) is 58.4 Å². The monoisotopic (exact) mass is 312 g/mol. The molecule has 0 spiro atoms. The van der Waals surface area contributed by atoms with Gasteiger partial charge in [0, 0.05) is 50.2 Å². The van der Waals surface area contributed by atoms with Gasteiger partial charge < -0.3 is 13.9 Å². The van der Waals surface area contributed by atoms with Gasteiger partial charge in [-0.15, -0.1) is 0 Å². The normalized spacial score (nSPS) is 22.7. The fourth-order valence-electron chi connectivity index (χ4n) is 3.94. The van der Waals surface area contributed by atoms with Crippen LogP contribution in [-0.2, 0) is 17.8 Å². The zero-order valence-electron chi connectivity index (χ0n) is 13.0. The van der Waals surface area contributed by atoms with Crippen LogP contribution in [0.15, 0.2) is 45.8 Å². The molecule has 23 heavy (non-hydrogen) atoms. The van der Waals surface area contributed by atoms with Crippen LogP contribution in [0.1, 0.15) is 30.2 Å². The maximum Gasteiger partial charge on any atom is 0.250 e. The molecule has 2 aromatic heterocycles. The molecule has 0 N–H and O–H groups in total. The van der Waals surface area contributed by atoms with Crippen LogP contribution in [0, 0.1) is 5.92 Å². The number of fused-ring (bicyclic) bond motifs is 4. The Morgan fingerprint density at radius 1 is 1.17 bits per heavy atom. The zero-order valence-corrected chi connectivity index (χ0v) is 13.0. The molecular weight excluding hydrogens is 292 g/mol. The number of hydrogen-bond acceptors (Lipinski definition) is 3. The summed E-state index contributed by atoms with van der Waals surface area (Å²) in [4.78, 5) is 26.5. The highest BCUT2D eigenvalue weighted by molar-refractivity contribution is 5.76. The molecule has 0 saturated carbocycles. The molecule has 2 bridgehead atoms. The lowest BCUT2D eigenvalue weighted by Crippen LogP contribution is -2.49. The van der Waals surface area contributed by atoms with E-state index in [9.17, 15) is 9.59 Å². The summed E-state index contributed by atoms with van der Waals surface area (Å²) >= 11 is 0. The van der Waals surface area contributed by atoms with Gasteiger partial charge in [-0.05, 0) is 30.5 Å². The van der Waals surface area contributed by atoms with Gasteiger partial charge in [-0.3, -0.25) is 9.59 Å². The molecule has 2 aromatic rings. The van der Waals surface area contributed by atoms with Gasteiger partial charge in [-0.25, -0.2) is 0 Å². The van der Waals surface area contributed by atoms with E-state index in [1.807, 2.05) is 33.7 Å². The van der Waals surface area contributed by atoms with Gasteiger partial charge >= 0.3 is 0 Å². The van der Waals surface area contributed by atoms with E-state index in [4.69, 9.17) is 4.42 Å². The number of nitrogens with zero attached hydrogens (tertiary/aromatic N) is 2. The smallest absolute Gasteiger partial charge is 0.250 e. The van der Waals surface area contributed by atoms with Crippen molar-refractivity contribution in [3.63, 3.8) is 0 Å². The van der Waals surface area contributed by atoms with Crippen LogP contribution in [0.25, 0.3) is 0 Å². The molecule has 5 nitrogen and oxygen atoms in total. The number of amides is 1. The molecule has 2 aliphatic heterocycles. The molecule has 1 amide bonds. The van der Waals surface area contributed by atoms with Gasteiger partial charge in [-0.2, -0.15) is 0 Å². The first kappa shape index (κ1) is 14.3. The minimum Gasteiger partial charge on any atom is -0.469 e. The SMILES string of the molecule is O=C(CCc1ccco1)N1C[C@@H]2C[C@H](C1)c1cccc(=O)n1C2. The lowest BCUT2D eigenvalue weighted by atomic mass is 9.83. The Hall–Kier alpha value is -2.30. The van der Waals surface area contributed by atoms with Gasteiger partial charge in [0.25, 0.3) is 5.56 Å². The van der Waals surface area contributed by atoms with Gasteiger partial charge in [0.05, 0.1) is 6.26 Å². The third-order valence-corrected chi connectivity index (χ3v) is 5.00. The number of likely N-dealkylation sites (tertiary alicyclic amines) is 1. The van der Waals surface area contributed by atoms with Crippen LogP contribution in [-0.4, -0.2) is 28.5 Å². The number of furan rings is 1. The van der Waals surface area contributed by atoms with Crippen LogP contribution in [0.5, 0.6) is 0 Å². The maximum absolute atomic E-state index is 12.5. The Kier molecular flexibility index (Phi) is 3.56. The largest absolute Gasteiger partial charge is 0.469 e. The first-order valence-corrected chi connectivity index (χ1v) is 8.20. The van der Waals surface area contributed by atoms with Crippen molar-refractivity contribution in [2.45, 2.75) is 31.7 Å². The lowest BCUT2D eigenvalue weighted by Gasteiger charge is -2.42. The fourth-order valence-corrected chi connectivity index (χ4v) is 3.94. The average Bonchev–Trinajstić information content (AvgIpc) is 3.07. The lowest BCUT2D eigenvalue weighted by molar-refractivity contribution is -0.134. The van der Waals surface area contributed by atoms with E-state index in [0.717, 1.165) is 37.5 Å². The minimum absolute atomic E-state index is 0.0785. The van der Waals surface area contributed by atoms with Crippen LogP contribution in [0.4, 0.5) is 0 Å². The van der Waals surface area contributed by atoms with E-state index in [1.54, 1.807) is 12.3 Å². The highest BCUT2D eigenvalue weighted by atomic mass is 16.3. The van der Waals surface area contributed by atoms with E-state index in [1.165, 1.54) is 0 Å². The third kappa shape index (κ3) is 2.71. The van der Waals surface area contributed by atoms with Crippen LogP contribution < -0.4 is 5.56 Å². The quantitative estimate of drug-likeness (QED) is 0.871. The summed E-state index contributed by atoms with van der Waals surface area (Å²) in [6.07, 6.45) is 3.84. The highest BCUT2D eigenvalue weighted by Gasteiger charge is 2.35. The van der Waals surface area contributed by atoms with Crippen molar-refractivity contribution in [1.82, 2.24) is 9.47 Å². The summed E-state index contributed by atoms with van der Waals surface area (Å²) in [6.45, 7) is 2.21. The number of carbonyl (C=O) groups is 1. The second kappa shape index (κ2) is 5.72. The van der Waals surface area contributed by atoms with Crippen molar-refractivity contribution in [2.75, 3.05) is 13.1 Å². The molecular formula is C18H20N2O3. The molecule has 120 valence electrons. The standard InChI is InChI=1S/C18H20N2O3/c21-17(7-6-15-3-2-8-23-15)19-10-13-9-14(12-19)16-4-1-5-18(22)20(16)11-13/h1-5,8,13-14H,6-7,9-12H2/t13-,14+/m0/s1. The minimum atomic E-state index is 0.0785. The molecule has 2 aliphatic rings. The topological polar surface area (TPSA) is 55.5 Å².